The molecular formula is C14H22N2O3. The van der Waals surface area contributed by atoms with Crippen LogP contribution in [0.25, 0.3) is 0 Å². The molecule has 1 aromatic carbocycles. The predicted octanol–water partition coefficient (Wildman–Crippen LogP) is 3.98. The van der Waals surface area contributed by atoms with Crippen LogP contribution in [0.1, 0.15) is 40.0 Å². The zero-order valence-electron chi connectivity index (χ0n) is 11.8. The molecule has 0 fully saturated rings. The van der Waals surface area contributed by atoms with Gasteiger partial charge in [0.1, 0.15) is 5.69 Å². The normalized spacial score (nSPS) is 11.9. The third kappa shape index (κ3) is 4.43. The van der Waals surface area contributed by atoms with Crippen molar-refractivity contribution in [3.63, 3.8) is 0 Å². The van der Waals surface area contributed by atoms with Crippen molar-refractivity contribution in [3.05, 3.63) is 28.3 Å². The number of hydrogen-bond acceptors (Lipinski definition) is 4. The molecule has 1 atom stereocenters. The summed E-state index contributed by atoms with van der Waals surface area (Å²) in [6, 6.07) is 5.33. The van der Waals surface area contributed by atoms with Gasteiger partial charge in [-0.15, -0.1) is 0 Å². The molecule has 5 heteroatoms. The van der Waals surface area contributed by atoms with Crippen LogP contribution in [-0.4, -0.2) is 17.6 Å². The van der Waals surface area contributed by atoms with Gasteiger partial charge in [-0.1, -0.05) is 25.8 Å². The number of nitro benzene ring substituents is 1. The third-order valence-electron chi connectivity index (χ3n) is 2.87. The average molecular weight is 266 g/mol. The highest BCUT2D eigenvalue weighted by Gasteiger charge is 2.21. The molecule has 0 saturated heterocycles. The van der Waals surface area contributed by atoms with Gasteiger partial charge < -0.3 is 10.1 Å². The molecule has 0 spiro atoms. The number of nitro groups is 1. The summed E-state index contributed by atoms with van der Waals surface area (Å²) in [4.78, 5) is 10.8. The molecule has 0 amide bonds. The minimum atomic E-state index is -0.389. The number of unbranched alkanes of at least 4 members (excludes halogenated alkanes) is 1. The highest BCUT2D eigenvalue weighted by molar-refractivity contribution is 5.68. The first kappa shape index (κ1) is 15.3. The molecule has 0 aromatic heterocycles. The fourth-order valence-electron chi connectivity index (χ4n) is 1.95. The van der Waals surface area contributed by atoms with E-state index in [-0.39, 0.29) is 16.7 Å². The van der Waals surface area contributed by atoms with Gasteiger partial charge in [-0.3, -0.25) is 10.1 Å². The maximum atomic E-state index is 11.2. The number of nitrogens with zero attached hydrogens (tertiary/aromatic N) is 1. The maximum Gasteiger partial charge on any atom is 0.333 e. The number of hydrogen-bond donors (Lipinski definition) is 1. The summed E-state index contributed by atoms with van der Waals surface area (Å²) in [6.45, 7) is 6.39. The Kier molecular flexibility index (Phi) is 6.12. The van der Waals surface area contributed by atoms with Gasteiger partial charge in [0.25, 0.3) is 0 Å². The lowest BCUT2D eigenvalue weighted by atomic mass is 10.1. The molecule has 0 heterocycles. The second kappa shape index (κ2) is 7.61. The number of nitrogens with one attached hydrogen (secondary N) is 1. The van der Waals surface area contributed by atoms with Crippen LogP contribution in [0.3, 0.4) is 0 Å². The number of para-hydroxylation sites is 1. The minimum absolute atomic E-state index is 0.0210. The summed E-state index contributed by atoms with van der Waals surface area (Å²) in [5, 5.41) is 14.4. The Bertz CT molecular complexity index is 421. The summed E-state index contributed by atoms with van der Waals surface area (Å²) in [5.74, 6) is 0.320. The van der Waals surface area contributed by atoms with E-state index in [0.29, 0.717) is 18.0 Å². The molecule has 5 nitrogen and oxygen atoms in total. The summed E-state index contributed by atoms with van der Waals surface area (Å²) in [5.41, 5.74) is 0.548. The van der Waals surface area contributed by atoms with Crippen molar-refractivity contribution in [1.82, 2.24) is 0 Å². The molecule has 1 rings (SSSR count). The van der Waals surface area contributed by atoms with E-state index in [0.717, 1.165) is 19.3 Å². The minimum Gasteiger partial charge on any atom is -0.487 e. The van der Waals surface area contributed by atoms with Crippen LogP contribution in [0.2, 0.25) is 0 Å². The zero-order chi connectivity index (χ0) is 14.3. The summed E-state index contributed by atoms with van der Waals surface area (Å²) < 4.78 is 5.32. The quantitative estimate of drug-likeness (QED) is 0.571. The molecule has 0 aliphatic rings. The van der Waals surface area contributed by atoms with Crippen LogP contribution in [0.4, 0.5) is 11.4 Å². The van der Waals surface area contributed by atoms with E-state index in [9.17, 15) is 10.1 Å². The highest BCUT2D eigenvalue weighted by atomic mass is 16.6. The zero-order valence-corrected chi connectivity index (χ0v) is 11.8. The van der Waals surface area contributed by atoms with Gasteiger partial charge in [0.15, 0.2) is 5.75 Å². The van der Waals surface area contributed by atoms with E-state index in [1.807, 2.05) is 13.8 Å². The van der Waals surface area contributed by atoms with E-state index >= 15 is 0 Å². The maximum absolute atomic E-state index is 11.2. The fraction of sp³-hybridized carbons (Fsp3) is 0.571. The first-order valence-corrected chi connectivity index (χ1v) is 6.76. The molecule has 106 valence electrons. The number of ether oxygens (including phenoxy) is 1. The third-order valence-corrected chi connectivity index (χ3v) is 2.87. The van der Waals surface area contributed by atoms with Crippen LogP contribution >= 0.6 is 0 Å². The van der Waals surface area contributed by atoms with Crippen molar-refractivity contribution in [1.29, 1.82) is 0 Å². The van der Waals surface area contributed by atoms with Crippen LogP contribution < -0.4 is 10.1 Å². The van der Waals surface area contributed by atoms with Gasteiger partial charge >= 0.3 is 5.69 Å². The van der Waals surface area contributed by atoms with Crippen molar-refractivity contribution in [2.24, 2.45) is 0 Å². The predicted molar refractivity (Wildman–Crippen MR) is 76.9 cm³/mol. The molecule has 0 saturated carbocycles. The Labute approximate surface area is 114 Å². The fourth-order valence-corrected chi connectivity index (χ4v) is 1.95. The topological polar surface area (TPSA) is 64.4 Å². The van der Waals surface area contributed by atoms with Gasteiger partial charge in [0.05, 0.1) is 11.5 Å². The molecule has 0 radical (unpaired) electrons. The Morgan fingerprint density at radius 2 is 2.16 bits per heavy atom. The Hall–Kier alpha value is -1.78. The molecule has 1 N–H and O–H groups in total. The lowest BCUT2D eigenvalue weighted by Crippen LogP contribution is -2.16. The Morgan fingerprint density at radius 3 is 2.74 bits per heavy atom. The van der Waals surface area contributed by atoms with Crippen molar-refractivity contribution >= 4 is 11.4 Å². The van der Waals surface area contributed by atoms with Crippen LogP contribution in [0.5, 0.6) is 5.75 Å². The van der Waals surface area contributed by atoms with E-state index in [1.54, 1.807) is 18.2 Å². The number of rotatable bonds is 8. The molecular weight excluding hydrogens is 244 g/mol. The molecule has 19 heavy (non-hydrogen) atoms. The van der Waals surface area contributed by atoms with E-state index in [2.05, 4.69) is 12.2 Å². The Balaban J connectivity index is 2.93. The van der Waals surface area contributed by atoms with Gasteiger partial charge in [-0.05, 0) is 32.4 Å². The first-order chi connectivity index (χ1) is 9.10. The van der Waals surface area contributed by atoms with E-state index in [4.69, 9.17) is 4.74 Å². The monoisotopic (exact) mass is 266 g/mol. The summed E-state index contributed by atoms with van der Waals surface area (Å²) in [6.07, 6.45) is 3.22. The lowest BCUT2D eigenvalue weighted by Gasteiger charge is -2.16. The van der Waals surface area contributed by atoms with Crippen LogP contribution in [0.15, 0.2) is 18.2 Å². The van der Waals surface area contributed by atoms with Crippen molar-refractivity contribution in [2.75, 3.05) is 11.9 Å². The Morgan fingerprint density at radius 1 is 1.42 bits per heavy atom. The van der Waals surface area contributed by atoms with E-state index in [1.165, 1.54) is 0 Å². The molecule has 0 aliphatic heterocycles. The SMILES string of the molecule is CCCCC(C)Nc1cccc(OCC)c1[N+](=O)[O-]. The van der Waals surface area contributed by atoms with Gasteiger partial charge in [-0.25, -0.2) is 0 Å². The molecule has 0 aliphatic carbocycles. The second-order valence-electron chi connectivity index (χ2n) is 4.53. The van der Waals surface area contributed by atoms with Gasteiger partial charge in [0.2, 0.25) is 0 Å². The molecule has 0 bridgehead atoms. The van der Waals surface area contributed by atoms with E-state index < -0.39 is 0 Å². The lowest BCUT2D eigenvalue weighted by molar-refractivity contribution is -0.385. The van der Waals surface area contributed by atoms with Crippen molar-refractivity contribution in [2.45, 2.75) is 46.1 Å². The summed E-state index contributed by atoms with van der Waals surface area (Å²) in [7, 11) is 0. The standard InChI is InChI=1S/C14H22N2O3/c1-4-6-8-11(3)15-12-9-7-10-13(19-5-2)14(12)16(17)18/h7,9-11,15H,4-6,8H2,1-3H3. The average Bonchev–Trinajstić information content (AvgIpc) is 2.36. The number of benzene rings is 1. The van der Waals surface area contributed by atoms with Crippen molar-refractivity contribution < 1.29 is 9.66 Å². The number of anilines is 1. The first-order valence-electron chi connectivity index (χ1n) is 6.76. The van der Waals surface area contributed by atoms with Crippen molar-refractivity contribution in [3.8, 4) is 5.75 Å². The largest absolute Gasteiger partial charge is 0.487 e. The summed E-state index contributed by atoms with van der Waals surface area (Å²) >= 11 is 0. The van der Waals surface area contributed by atoms with Crippen LogP contribution in [0, 0.1) is 10.1 Å². The second-order valence-corrected chi connectivity index (χ2v) is 4.53. The smallest absolute Gasteiger partial charge is 0.333 e. The van der Waals surface area contributed by atoms with Crippen LogP contribution in [-0.2, 0) is 0 Å². The molecule has 1 aromatic rings. The molecule has 1 unspecified atom stereocenters. The highest BCUT2D eigenvalue weighted by Crippen LogP contribution is 2.35. The van der Waals surface area contributed by atoms with Gasteiger partial charge in [-0.2, -0.15) is 0 Å². The van der Waals surface area contributed by atoms with Gasteiger partial charge in [0, 0.05) is 6.04 Å².